The predicted octanol–water partition coefficient (Wildman–Crippen LogP) is 3.73. The summed E-state index contributed by atoms with van der Waals surface area (Å²) < 4.78 is 50.0. The number of aliphatic carboxylic acids is 1. The van der Waals surface area contributed by atoms with Gasteiger partial charge in [0, 0.05) is 25.6 Å². The molecule has 1 aromatic heterocycles. The number of hydrogen-bond acceptors (Lipinski definition) is 8. The fourth-order valence-electron chi connectivity index (χ4n) is 4.50. The fourth-order valence-corrected chi connectivity index (χ4v) is 4.50. The van der Waals surface area contributed by atoms with Crippen molar-refractivity contribution in [2.24, 2.45) is 5.73 Å². The summed E-state index contributed by atoms with van der Waals surface area (Å²) in [6.07, 6.45) is -5.33. The van der Waals surface area contributed by atoms with Gasteiger partial charge in [0.2, 0.25) is 0 Å². The number of hydrogen-bond donors (Lipinski definition) is 4. The van der Waals surface area contributed by atoms with Gasteiger partial charge in [0.15, 0.2) is 17.6 Å². The second-order valence-corrected chi connectivity index (χ2v) is 10.5. The number of amidine groups is 1. The van der Waals surface area contributed by atoms with Crippen molar-refractivity contribution < 1.29 is 42.1 Å². The molecule has 0 aliphatic carbocycles. The molecule has 0 aliphatic heterocycles. The Morgan fingerprint density at radius 2 is 1.62 bits per heavy atom. The number of nitrogens with zero attached hydrogens (tertiary/aromatic N) is 3. The molecule has 2 unspecified atom stereocenters. The predicted molar refractivity (Wildman–Crippen MR) is 169 cm³/mol. The number of likely N-dealkylation sites (N-methyl/N-ethyl adjacent to an activating group) is 1. The van der Waals surface area contributed by atoms with Crippen molar-refractivity contribution >= 4 is 17.7 Å². The van der Waals surface area contributed by atoms with Crippen molar-refractivity contribution in [1.82, 2.24) is 19.7 Å². The van der Waals surface area contributed by atoms with E-state index in [1.54, 1.807) is 57.4 Å². The van der Waals surface area contributed by atoms with E-state index in [1.807, 2.05) is 30.3 Å². The summed E-state index contributed by atoms with van der Waals surface area (Å²) in [6.45, 7) is 1.68. The Labute approximate surface area is 273 Å². The van der Waals surface area contributed by atoms with Gasteiger partial charge in [-0.15, -0.1) is 5.10 Å². The Kier molecular flexibility index (Phi) is 12.0. The number of amides is 1. The third-order valence-electron chi connectivity index (χ3n) is 6.91. The van der Waals surface area contributed by atoms with Gasteiger partial charge < -0.3 is 30.0 Å². The SMILES string of the molecule is COc1cc(C(Cc2ccc(C(=N)N)cc2)c2nn(-c3ccccc3OC)c(=O)[nH]2)ccc1OC(C)C(=O)N(C)C.O=C(O)C(F)(F)F. The Balaban J connectivity index is 0.000000804. The molecule has 0 fully saturated rings. The van der Waals surface area contributed by atoms with Gasteiger partial charge in [-0.3, -0.25) is 15.2 Å². The summed E-state index contributed by atoms with van der Waals surface area (Å²) in [5.74, 6) is -1.56. The van der Waals surface area contributed by atoms with Crippen LogP contribution in [-0.2, 0) is 16.0 Å². The van der Waals surface area contributed by atoms with Crippen LogP contribution in [0.15, 0.2) is 71.5 Å². The monoisotopic (exact) mass is 672 g/mol. The number of nitrogen functional groups attached to an aromatic ring is 1. The minimum atomic E-state index is -5.08. The number of nitrogens with two attached hydrogens (primary N) is 1. The lowest BCUT2D eigenvalue weighted by molar-refractivity contribution is -0.192. The molecule has 0 aliphatic rings. The molecule has 1 amide bonds. The van der Waals surface area contributed by atoms with Crippen molar-refractivity contribution in [3.05, 3.63) is 99.7 Å². The van der Waals surface area contributed by atoms with Crippen LogP contribution in [0.5, 0.6) is 17.2 Å². The van der Waals surface area contributed by atoms with Gasteiger partial charge >= 0.3 is 17.8 Å². The van der Waals surface area contributed by atoms with Crippen molar-refractivity contribution in [2.75, 3.05) is 28.3 Å². The number of alkyl halides is 3. The number of aromatic nitrogens is 3. The number of nitrogens with one attached hydrogen (secondary N) is 2. The van der Waals surface area contributed by atoms with Gasteiger partial charge in [-0.2, -0.15) is 17.9 Å². The fraction of sp³-hybridized carbons (Fsp3) is 0.281. The summed E-state index contributed by atoms with van der Waals surface area (Å²) in [5.41, 5.74) is 8.09. The molecule has 5 N–H and O–H groups in total. The number of aromatic amines is 1. The highest BCUT2D eigenvalue weighted by molar-refractivity contribution is 5.94. The van der Waals surface area contributed by atoms with Crippen LogP contribution >= 0.6 is 0 Å². The molecule has 0 bridgehead atoms. The van der Waals surface area contributed by atoms with E-state index >= 15 is 0 Å². The van der Waals surface area contributed by atoms with E-state index in [1.165, 1.54) is 23.8 Å². The zero-order valence-corrected chi connectivity index (χ0v) is 26.7. The molecule has 2 atom stereocenters. The van der Waals surface area contributed by atoms with Crippen LogP contribution in [0.1, 0.15) is 35.4 Å². The molecule has 0 spiro atoms. The first-order valence-electron chi connectivity index (χ1n) is 14.2. The minimum Gasteiger partial charge on any atom is -0.494 e. The first kappa shape index (κ1) is 36.7. The number of H-pyrrole nitrogens is 1. The van der Waals surface area contributed by atoms with Crippen LogP contribution < -0.4 is 25.6 Å². The third kappa shape index (κ3) is 9.14. The van der Waals surface area contributed by atoms with Crippen LogP contribution in [0, 0.1) is 5.41 Å². The molecular formula is C32H35F3N6O7. The van der Waals surface area contributed by atoms with E-state index in [0.717, 1.165) is 11.1 Å². The number of benzene rings is 3. The lowest BCUT2D eigenvalue weighted by Crippen LogP contribution is -2.35. The average molecular weight is 673 g/mol. The Hall–Kier alpha value is -5.80. The van der Waals surface area contributed by atoms with E-state index in [2.05, 4.69) is 10.1 Å². The van der Waals surface area contributed by atoms with Gasteiger partial charge in [-0.25, -0.2) is 9.59 Å². The lowest BCUT2D eigenvalue weighted by Gasteiger charge is -2.21. The van der Waals surface area contributed by atoms with Gasteiger partial charge in [0.25, 0.3) is 5.91 Å². The minimum absolute atomic E-state index is 0.0183. The second kappa shape index (κ2) is 15.7. The summed E-state index contributed by atoms with van der Waals surface area (Å²) in [4.78, 5) is 38.7. The molecule has 48 heavy (non-hydrogen) atoms. The molecule has 4 aromatic rings. The van der Waals surface area contributed by atoms with Crippen molar-refractivity contribution in [3.8, 4) is 22.9 Å². The first-order valence-corrected chi connectivity index (χ1v) is 14.2. The molecule has 0 radical (unpaired) electrons. The molecule has 0 saturated carbocycles. The Bertz CT molecular complexity index is 1800. The average Bonchev–Trinajstić information content (AvgIpc) is 3.44. The van der Waals surface area contributed by atoms with Crippen LogP contribution in [0.25, 0.3) is 5.69 Å². The topological polar surface area (TPSA) is 186 Å². The number of rotatable bonds is 11. The van der Waals surface area contributed by atoms with Crippen LogP contribution in [0.3, 0.4) is 0 Å². The maximum atomic E-state index is 13.1. The van der Waals surface area contributed by atoms with E-state index in [-0.39, 0.29) is 11.7 Å². The summed E-state index contributed by atoms with van der Waals surface area (Å²) in [6, 6.07) is 19.9. The quantitative estimate of drug-likeness (QED) is 0.136. The highest BCUT2D eigenvalue weighted by atomic mass is 19.4. The highest BCUT2D eigenvalue weighted by Crippen LogP contribution is 2.35. The number of halogens is 3. The number of methoxy groups -OCH3 is 2. The third-order valence-corrected chi connectivity index (χ3v) is 6.91. The largest absolute Gasteiger partial charge is 0.494 e. The molecule has 256 valence electrons. The molecule has 16 heteroatoms. The molecule has 13 nitrogen and oxygen atoms in total. The van der Waals surface area contributed by atoms with E-state index in [0.29, 0.717) is 40.7 Å². The molecule has 4 rings (SSSR count). The number of carbonyl (C=O) groups is 2. The Morgan fingerprint density at radius 3 is 2.17 bits per heavy atom. The number of carbonyl (C=O) groups excluding carboxylic acids is 1. The van der Waals surface area contributed by atoms with Gasteiger partial charge in [-0.1, -0.05) is 42.5 Å². The normalized spacial score (nSPS) is 12.2. The van der Waals surface area contributed by atoms with Gasteiger partial charge in [0.05, 0.1) is 14.2 Å². The van der Waals surface area contributed by atoms with Crippen LogP contribution in [0.2, 0.25) is 0 Å². The van der Waals surface area contributed by atoms with Crippen molar-refractivity contribution in [2.45, 2.75) is 31.5 Å². The summed E-state index contributed by atoms with van der Waals surface area (Å²) in [7, 11) is 6.40. The maximum Gasteiger partial charge on any atom is 0.490 e. The number of carboxylic acid groups (broad SMARTS) is 1. The standard InChI is InChI=1S/C30H34N6O5.C2HF3O2/c1-18(29(37)35(2)3)41-25-15-14-21(17-26(25)40-5)22(16-19-10-12-20(13-11-19)27(31)32)28-33-30(38)36(34-28)23-8-6-7-9-24(23)39-4;3-2(4,5)1(6)7/h6-15,17-18,22H,16H2,1-5H3,(H3,31,32)(H,33,34,38);(H,6,7). The summed E-state index contributed by atoms with van der Waals surface area (Å²) in [5, 5.41) is 19.5. The molecular weight excluding hydrogens is 637 g/mol. The maximum absolute atomic E-state index is 13.1. The van der Waals surface area contributed by atoms with E-state index in [9.17, 15) is 22.8 Å². The van der Waals surface area contributed by atoms with Crippen LogP contribution in [0.4, 0.5) is 13.2 Å². The molecule has 1 heterocycles. The Morgan fingerprint density at radius 1 is 1.02 bits per heavy atom. The van der Waals surface area contributed by atoms with Crippen molar-refractivity contribution in [3.63, 3.8) is 0 Å². The van der Waals surface area contributed by atoms with Gasteiger partial charge in [-0.05, 0) is 48.7 Å². The van der Waals surface area contributed by atoms with Crippen LogP contribution in [-0.4, -0.2) is 83.1 Å². The van der Waals surface area contributed by atoms with Gasteiger partial charge in [0.1, 0.15) is 23.1 Å². The van der Waals surface area contributed by atoms with E-state index in [4.69, 9.17) is 35.3 Å². The number of carboxylic acids is 1. The zero-order chi connectivity index (χ0) is 35.8. The number of para-hydroxylation sites is 2. The lowest BCUT2D eigenvalue weighted by atomic mass is 9.90. The molecule has 3 aromatic carbocycles. The highest BCUT2D eigenvalue weighted by Gasteiger charge is 2.38. The summed E-state index contributed by atoms with van der Waals surface area (Å²) >= 11 is 0. The molecule has 0 saturated heterocycles. The first-order chi connectivity index (χ1) is 22.6. The second-order valence-electron chi connectivity index (χ2n) is 10.5. The van der Waals surface area contributed by atoms with E-state index < -0.39 is 29.9 Å². The number of ether oxygens (including phenoxy) is 3. The zero-order valence-electron chi connectivity index (χ0n) is 26.7. The van der Waals surface area contributed by atoms with Crippen molar-refractivity contribution in [1.29, 1.82) is 5.41 Å². The smallest absolute Gasteiger partial charge is 0.490 e.